The number of aromatic amines is 2. The number of fused-ring (bicyclic) bond motifs is 12. The summed E-state index contributed by atoms with van der Waals surface area (Å²) in [6, 6.07) is -0.695. The van der Waals surface area contributed by atoms with Gasteiger partial charge in [0.15, 0.2) is 6.29 Å². The highest BCUT2D eigenvalue weighted by Crippen LogP contribution is 2.80. The number of carbonyl (C=O) groups excluding carboxylic acids is 1. The van der Waals surface area contributed by atoms with Gasteiger partial charge in [-0.05, 0) is 121 Å². The van der Waals surface area contributed by atoms with Crippen molar-refractivity contribution < 1.29 is 65.0 Å². The number of carbonyl (C=O) groups is 2. The summed E-state index contributed by atoms with van der Waals surface area (Å²) in [4.78, 5) is 44.6. The summed E-state index contributed by atoms with van der Waals surface area (Å²) < 4.78 is 12.7. The molecule has 3 aliphatic heterocycles. The van der Waals surface area contributed by atoms with E-state index in [-0.39, 0.29) is 43.3 Å². The van der Waals surface area contributed by atoms with E-state index in [4.69, 9.17) is 15.2 Å². The van der Waals surface area contributed by atoms with Crippen LogP contribution < -0.4 is 16.4 Å². The van der Waals surface area contributed by atoms with Crippen LogP contribution in [0.2, 0.25) is 0 Å². The number of aromatic nitrogens is 4. The quantitative estimate of drug-likeness (QED) is 0.0857. The van der Waals surface area contributed by atoms with Crippen molar-refractivity contribution in [2.24, 2.45) is 91.5 Å². The molecule has 6 aliphatic carbocycles. The molecular formula is C55H81N7O13. The van der Waals surface area contributed by atoms with E-state index in [1.807, 2.05) is 13.0 Å². The van der Waals surface area contributed by atoms with Crippen molar-refractivity contribution in [1.82, 2.24) is 25.3 Å². The average Bonchev–Trinajstić information content (AvgIpc) is 4.14. The predicted octanol–water partition coefficient (Wildman–Crippen LogP) is 1.31. The van der Waals surface area contributed by atoms with Crippen LogP contribution in [0.1, 0.15) is 97.4 Å². The smallest absolute Gasteiger partial charge is 0.310 e. The van der Waals surface area contributed by atoms with E-state index in [2.05, 4.69) is 70.4 Å². The van der Waals surface area contributed by atoms with E-state index in [1.165, 1.54) is 0 Å². The van der Waals surface area contributed by atoms with Gasteiger partial charge in [-0.2, -0.15) is 0 Å². The number of aliphatic carboxylic acids is 1. The Morgan fingerprint density at radius 2 is 1.75 bits per heavy atom. The monoisotopic (exact) mass is 1050 g/mol. The Morgan fingerprint density at radius 3 is 2.43 bits per heavy atom. The van der Waals surface area contributed by atoms with Gasteiger partial charge in [0.05, 0.1) is 67.1 Å². The molecule has 11 rings (SSSR count). The number of aliphatic hydroxyl groups is 8. The maximum Gasteiger partial charge on any atom is 0.310 e. The number of amides is 1. The molecule has 15 N–H and O–H groups in total. The number of hydrogen-bond donors (Lipinski definition) is 14. The summed E-state index contributed by atoms with van der Waals surface area (Å²) in [6.07, 6.45) is 5.32. The molecule has 24 unspecified atom stereocenters. The van der Waals surface area contributed by atoms with Crippen LogP contribution in [0.4, 0.5) is 5.82 Å². The number of nitrogens with one attached hydrogen (secondary N) is 4. The zero-order valence-corrected chi connectivity index (χ0v) is 43.8. The number of rotatable bonds is 11. The normalized spacial score (nSPS) is 50.2. The number of ether oxygens (including phenoxy) is 2. The fourth-order valence-corrected chi connectivity index (χ4v) is 19.4. The Kier molecular flexibility index (Phi) is 13.0. The fraction of sp³-hybridized carbons (Fsp3) is 0.782. The molecule has 1 amide bonds. The van der Waals surface area contributed by atoms with Gasteiger partial charge in [-0.15, -0.1) is 0 Å². The summed E-state index contributed by atoms with van der Waals surface area (Å²) in [7, 11) is 0. The molecular weight excluding hydrogens is 967 g/mol. The molecule has 2 saturated heterocycles. The van der Waals surface area contributed by atoms with Crippen LogP contribution >= 0.6 is 0 Å². The average molecular weight is 1050 g/mol. The number of H-pyrrole nitrogens is 2. The maximum atomic E-state index is 14.5. The minimum atomic E-state index is -1.71. The molecule has 6 fully saturated rings. The number of carboxylic acid groups (broad SMARTS) is 1. The molecule has 4 saturated carbocycles. The minimum absolute atomic E-state index is 0.0770. The van der Waals surface area contributed by atoms with Gasteiger partial charge in [0.1, 0.15) is 30.4 Å². The molecule has 414 valence electrons. The number of imidazole rings is 2. The lowest BCUT2D eigenvalue weighted by molar-refractivity contribution is -0.344. The Hall–Kier alpha value is -3.80. The van der Waals surface area contributed by atoms with Crippen LogP contribution in [0.15, 0.2) is 42.7 Å². The predicted molar refractivity (Wildman–Crippen MR) is 269 cm³/mol. The Balaban J connectivity index is 1.13. The second-order valence-corrected chi connectivity index (χ2v) is 26.0. The van der Waals surface area contributed by atoms with Gasteiger partial charge < -0.3 is 81.8 Å². The number of carboxylic acids is 1. The molecule has 0 radical (unpaired) electrons. The van der Waals surface area contributed by atoms with Gasteiger partial charge in [-0.3, -0.25) is 9.59 Å². The number of hydrogen-bond acceptors (Lipinski definition) is 16. The third kappa shape index (κ3) is 7.18. The van der Waals surface area contributed by atoms with Crippen LogP contribution in [0, 0.1) is 85.8 Å². The van der Waals surface area contributed by atoms with Crippen molar-refractivity contribution in [2.75, 3.05) is 38.3 Å². The van der Waals surface area contributed by atoms with E-state index >= 15 is 0 Å². The lowest BCUT2D eigenvalue weighted by atomic mass is 9.28. The number of allylic oxidation sites excluding steroid dienone is 3. The number of aliphatic hydroxyl groups excluding tert-OH is 8. The van der Waals surface area contributed by atoms with Crippen LogP contribution in [0.5, 0.6) is 0 Å². The molecule has 20 nitrogen and oxygen atoms in total. The molecule has 0 bridgehead atoms. The van der Waals surface area contributed by atoms with Crippen LogP contribution in [0.25, 0.3) is 0 Å². The molecule has 5 heterocycles. The Labute approximate surface area is 437 Å². The van der Waals surface area contributed by atoms with Gasteiger partial charge >= 0.3 is 5.97 Å². The first-order valence-corrected chi connectivity index (χ1v) is 27.5. The second-order valence-electron chi connectivity index (χ2n) is 26.0. The van der Waals surface area contributed by atoms with Gasteiger partial charge in [0.25, 0.3) is 0 Å². The molecule has 20 heteroatoms. The standard InChI is InChI=1S/C55H81N7O13/c1-49(22-64)14-15-55(48(72)73)30(17-49)28-6-7-35-51(3,53(28,5)29-16-32-45(61-25-59-32)58-18-31(29)55)11-9-34-50(2,23-65)44(75-47-42(70)40(68)33(66)21-74-47)41(69)39(52(34,35)4)26-8-12-54(13-10-37(56)67,36-19-57-24-60-36)43-38(26)27(20-63)46(71)62-43/h6,8,12,19,24-27,29-31,33-35,37-44,47,58,63-70H,7,9-11,13-18,20-23,56H2,1-5H3,(H,57,60)(H,59,61)(H,62,71)(H,72,73). The molecule has 0 spiro atoms. The summed E-state index contributed by atoms with van der Waals surface area (Å²) in [6.45, 7) is 9.89. The van der Waals surface area contributed by atoms with Crippen LogP contribution in [0.3, 0.4) is 0 Å². The SMILES string of the molecule is CC1(CO)CCC2(C(=O)O)C(C1)C1=CCC3C4(C)C(C5C=CC(CCC(N)O)(c6cnc[nH]6)C6NC(=O)C(CO)C56)C(O)C(OC5OCC(O)C(O)C5O)C(C)(CO)C4CCC3(C)C1(C)C1Cc3[nH]cnc3NCC12. The third-order valence-electron chi connectivity index (χ3n) is 23.2. The zero-order valence-electron chi connectivity index (χ0n) is 43.8. The number of nitrogens with two attached hydrogens (primary N) is 1. The van der Waals surface area contributed by atoms with Gasteiger partial charge in [-0.25, -0.2) is 9.97 Å². The molecule has 75 heavy (non-hydrogen) atoms. The topological polar surface area (TPSA) is 342 Å². The van der Waals surface area contributed by atoms with Crippen LogP contribution in [-0.4, -0.2) is 160 Å². The second kappa shape index (κ2) is 18.4. The van der Waals surface area contributed by atoms with E-state index in [1.54, 1.807) is 18.9 Å². The number of anilines is 1. The molecule has 2 aromatic heterocycles. The molecule has 0 aromatic carbocycles. The van der Waals surface area contributed by atoms with Gasteiger partial charge in [-0.1, -0.05) is 58.4 Å². The van der Waals surface area contributed by atoms with Crippen LogP contribution in [-0.2, 0) is 30.9 Å². The highest BCUT2D eigenvalue weighted by atomic mass is 16.7. The highest BCUT2D eigenvalue weighted by Gasteiger charge is 2.78. The first-order valence-electron chi connectivity index (χ1n) is 27.5. The largest absolute Gasteiger partial charge is 0.481 e. The van der Waals surface area contributed by atoms with Crippen molar-refractivity contribution in [3.05, 3.63) is 54.0 Å². The fourth-order valence-electron chi connectivity index (χ4n) is 19.4. The van der Waals surface area contributed by atoms with Crippen molar-refractivity contribution in [2.45, 2.75) is 147 Å². The Morgan fingerprint density at radius 1 is 0.973 bits per heavy atom. The molecule has 24 atom stereocenters. The van der Waals surface area contributed by atoms with E-state index in [0.29, 0.717) is 69.4 Å². The van der Waals surface area contributed by atoms with E-state index in [0.717, 1.165) is 11.3 Å². The first kappa shape index (κ1) is 53.2. The summed E-state index contributed by atoms with van der Waals surface area (Å²) in [5.74, 6) is -5.24. The van der Waals surface area contributed by atoms with E-state index < -0.39 is 142 Å². The third-order valence-corrected chi connectivity index (χ3v) is 23.2. The van der Waals surface area contributed by atoms with Gasteiger partial charge in [0, 0.05) is 42.4 Å². The number of nitrogens with zero attached hydrogens (tertiary/aromatic N) is 2. The maximum absolute atomic E-state index is 14.5. The first-order chi connectivity index (χ1) is 35.6. The van der Waals surface area contributed by atoms with Crippen molar-refractivity contribution >= 4 is 17.7 Å². The lowest BCUT2D eigenvalue weighted by Crippen LogP contribution is -2.75. The lowest BCUT2D eigenvalue weighted by Gasteiger charge is -2.76. The van der Waals surface area contributed by atoms with Crippen molar-refractivity contribution in [3.8, 4) is 0 Å². The molecule has 2 aromatic rings. The summed E-state index contributed by atoms with van der Waals surface area (Å²) in [5, 5.41) is 110. The van der Waals surface area contributed by atoms with Crippen molar-refractivity contribution in [3.63, 3.8) is 0 Å². The zero-order chi connectivity index (χ0) is 53.6. The molecule has 9 aliphatic rings. The van der Waals surface area contributed by atoms with Crippen molar-refractivity contribution in [1.29, 1.82) is 0 Å². The Bertz CT molecular complexity index is 2560. The van der Waals surface area contributed by atoms with E-state index in [9.17, 15) is 55.5 Å². The van der Waals surface area contributed by atoms with Gasteiger partial charge in [0.2, 0.25) is 5.91 Å². The summed E-state index contributed by atoms with van der Waals surface area (Å²) in [5.41, 5.74) is 2.59. The summed E-state index contributed by atoms with van der Waals surface area (Å²) >= 11 is 0. The highest BCUT2D eigenvalue weighted by molar-refractivity contribution is 5.83. The minimum Gasteiger partial charge on any atom is -0.481 e.